The van der Waals surface area contributed by atoms with Crippen LogP contribution in [0.1, 0.15) is 13.8 Å². The molecular formula is C10H18O6. The molecule has 0 amide bonds. The van der Waals surface area contributed by atoms with Crippen LogP contribution in [0.2, 0.25) is 0 Å². The van der Waals surface area contributed by atoms with E-state index >= 15 is 0 Å². The summed E-state index contributed by atoms with van der Waals surface area (Å²) in [6.45, 7) is 3.33. The van der Waals surface area contributed by atoms with Crippen LogP contribution in [-0.4, -0.2) is 60.4 Å². The molecule has 2 N–H and O–H groups in total. The van der Waals surface area contributed by atoms with Gasteiger partial charge in [0.15, 0.2) is 12.1 Å². The molecule has 6 heteroatoms. The van der Waals surface area contributed by atoms with Crippen molar-refractivity contribution in [1.29, 1.82) is 0 Å². The molecule has 0 aromatic carbocycles. The van der Waals surface area contributed by atoms with Crippen LogP contribution in [-0.2, 0) is 18.9 Å². The Labute approximate surface area is 94.1 Å². The summed E-state index contributed by atoms with van der Waals surface area (Å²) in [5, 5.41) is 18.9. The summed E-state index contributed by atoms with van der Waals surface area (Å²) in [7, 11) is 1.47. The van der Waals surface area contributed by atoms with E-state index in [2.05, 4.69) is 0 Å². The molecule has 0 aromatic heterocycles. The zero-order valence-electron chi connectivity index (χ0n) is 9.62. The Morgan fingerprint density at radius 1 is 1.25 bits per heavy atom. The topological polar surface area (TPSA) is 77.4 Å². The number of aliphatic hydroxyl groups is 2. The van der Waals surface area contributed by atoms with Crippen LogP contribution in [0.15, 0.2) is 0 Å². The number of rotatable bonds is 2. The smallest absolute Gasteiger partial charge is 0.184 e. The average Bonchev–Trinajstić information content (AvgIpc) is 2.52. The summed E-state index contributed by atoms with van der Waals surface area (Å²) in [4.78, 5) is 0. The molecule has 0 spiro atoms. The second-order valence-electron chi connectivity index (χ2n) is 4.51. The van der Waals surface area contributed by atoms with E-state index in [1.54, 1.807) is 13.8 Å². The molecule has 2 aliphatic rings. The number of hydrogen-bond acceptors (Lipinski definition) is 6. The first kappa shape index (κ1) is 12.2. The summed E-state index contributed by atoms with van der Waals surface area (Å²) in [6, 6.07) is 0. The molecular weight excluding hydrogens is 216 g/mol. The van der Waals surface area contributed by atoms with E-state index < -0.39 is 36.5 Å². The van der Waals surface area contributed by atoms with E-state index in [9.17, 15) is 10.2 Å². The quantitative estimate of drug-likeness (QED) is 0.653. The molecule has 94 valence electrons. The van der Waals surface area contributed by atoms with E-state index in [4.69, 9.17) is 18.9 Å². The highest BCUT2D eigenvalue weighted by atomic mass is 16.8. The number of methoxy groups -OCH3 is 1. The molecule has 16 heavy (non-hydrogen) atoms. The predicted octanol–water partition coefficient (Wildman–Crippen LogP) is -0.769. The van der Waals surface area contributed by atoms with Gasteiger partial charge in [0.25, 0.3) is 0 Å². The Bertz CT molecular complexity index is 256. The molecule has 2 fully saturated rings. The monoisotopic (exact) mass is 234 g/mol. The van der Waals surface area contributed by atoms with Crippen molar-refractivity contribution >= 4 is 0 Å². The number of fused-ring (bicyclic) bond motifs is 1. The van der Waals surface area contributed by atoms with E-state index in [0.29, 0.717) is 0 Å². The predicted molar refractivity (Wildman–Crippen MR) is 52.6 cm³/mol. The Hall–Kier alpha value is -0.240. The van der Waals surface area contributed by atoms with Crippen LogP contribution in [0.25, 0.3) is 0 Å². The molecule has 2 saturated heterocycles. The summed E-state index contributed by atoms with van der Waals surface area (Å²) in [5.41, 5.74) is 0. The lowest BCUT2D eigenvalue weighted by atomic mass is 9.99. The van der Waals surface area contributed by atoms with Gasteiger partial charge in [0.05, 0.1) is 6.61 Å². The molecule has 0 unspecified atom stereocenters. The van der Waals surface area contributed by atoms with Gasteiger partial charge in [0, 0.05) is 7.11 Å². The second-order valence-corrected chi connectivity index (χ2v) is 4.51. The van der Waals surface area contributed by atoms with Gasteiger partial charge in [0.1, 0.15) is 24.4 Å². The van der Waals surface area contributed by atoms with Gasteiger partial charge >= 0.3 is 0 Å². The Kier molecular flexibility index (Phi) is 3.22. The lowest BCUT2D eigenvalue weighted by Gasteiger charge is -2.38. The van der Waals surface area contributed by atoms with Gasteiger partial charge in [-0.3, -0.25) is 0 Å². The maximum absolute atomic E-state index is 9.69. The van der Waals surface area contributed by atoms with E-state index in [1.165, 1.54) is 7.11 Å². The van der Waals surface area contributed by atoms with Crippen LogP contribution in [0.3, 0.4) is 0 Å². The Morgan fingerprint density at radius 3 is 2.44 bits per heavy atom. The molecule has 0 aliphatic carbocycles. The van der Waals surface area contributed by atoms with Gasteiger partial charge in [0.2, 0.25) is 0 Å². The standard InChI is InChI=1S/C10H18O6/c1-10(2)15-6-5(4-11)14-9(12)8(13-3)7(6)16-10/h5-9,11-12H,4H2,1-3H3/t5-,6+,7+,8-,9+/m1/s1. The third-order valence-electron chi connectivity index (χ3n) is 2.90. The van der Waals surface area contributed by atoms with E-state index in [1.807, 2.05) is 0 Å². The third kappa shape index (κ3) is 1.97. The van der Waals surface area contributed by atoms with E-state index in [0.717, 1.165) is 0 Å². The van der Waals surface area contributed by atoms with Crippen LogP contribution < -0.4 is 0 Å². The third-order valence-corrected chi connectivity index (χ3v) is 2.90. The fourth-order valence-corrected chi connectivity index (χ4v) is 2.25. The van der Waals surface area contributed by atoms with Gasteiger partial charge in [-0.2, -0.15) is 0 Å². The lowest BCUT2D eigenvalue weighted by Crippen LogP contribution is -2.57. The maximum atomic E-state index is 9.69. The fraction of sp³-hybridized carbons (Fsp3) is 1.00. The lowest BCUT2D eigenvalue weighted by molar-refractivity contribution is -0.270. The van der Waals surface area contributed by atoms with Gasteiger partial charge in [-0.25, -0.2) is 0 Å². The van der Waals surface area contributed by atoms with Gasteiger partial charge in [-0.1, -0.05) is 0 Å². The molecule has 6 nitrogen and oxygen atoms in total. The molecule has 2 heterocycles. The van der Waals surface area contributed by atoms with Gasteiger partial charge < -0.3 is 29.2 Å². The Morgan fingerprint density at radius 2 is 1.88 bits per heavy atom. The highest BCUT2D eigenvalue weighted by Crippen LogP contribution is 2.37. The molecule has 2 rings (SSSR count). The van der Waals surface area contributed by atoms with Crippen LogP contribution in [0.5, 0.6) is 0 Å². The number of hydrogen-bond donors (Lipinski definition) is 2. The van der Waals surface area contributed by atoms with Crippen molar-refractivity contribution in [3.8, 4) is 0 Å². The van der Waals surface area contributed by atoms with Crippen molar-refractivity contribution in [3.63, 3.8) is 0 Å². The molecule has 5 atom stereocenters. The minimum Gasteiger partial charge on any atom is -0.394 e. The van der Waals surface area contributed by atoms with Crippen LogP contribution >= 0.6 is 0 Å². The largest absolute Gasteiger partial charge is 0.394 e. The van der Waals surface area contributed by atoms with Crippen molar-refractivity contribution < 1.29 is 29.2 Å². The van der Waals surface area contributed by atoms with Crippen molar-refractivity contribution in [3.05, 3.63) is 0 Å². The van der Waals surface area contributed by atoms with Gasteiger partial charge in [-0.05, 0) is 13.8 Å². The first-order valence-electron chi connectivity index (χ1n) is 5.31. The normalized spacial score (nSPS) is 46.7. The van der Waals surface area contributed by atoms with Crippen LogP contribution in [0, 0.1) is 0 Å². The Balaban J connectivity index is 2.20. The maximum Gasteiger partial charge on any atom is 0.184 e. The van der Waals surface area contributed by atoms with Crippen LogP contribution in [0.4, 0.5) is 0 Å². The first-order valence-corrected chi connectivity index (χ1v) is 5.31. The highest BCUT2D eigenvalue weighted by Gasteiger charge is 2.55. The second kappa shape index (κ2) is 4.21. The van der Waals surface area contributed by atoms with Crippen molar-refractivity contribution in [2.75, 3.05) is 13.7 Å². The van der Waals surface area contributed by atoms with E-state index in [-0.39, 0.29) is 6.61 Å². The molecule has 0 aromatic rings. The molecule has 0 saturated carbocycles. The highest BCUT2D eigenvalue weighted by molar-refractivity contribution is 4.96. The first-order chi connectivity index (χ1) is 7.48. The minimum absolute atomic E-state index is 0.228. The summed E-state index contributed by atoms with van der Waals surface area (Å²) in [5.74, 6) is -0.757. The minimum atomic E-state index is -1.11. The average molecular weight is 234 g/mol. The van der Waals surface area contributed by atoms with Crippen molar-refractivity contribution in [1.82, 2.24) is 0 Å². The van der Waals surface area contributed by atoms with Crippen molar-refractivity contribution in [2.24, 2.45) is 0 Å². The van der Waals surface area contributed by atoms with Gasteiger partial charge in [-0.15, -0.1) is 0 Å². The zero-order chi connectivity index (χ0) is 11.9. The molecule has 0 radical (unpaired) electrons. The summed E-state index contributed by atoms with van der Waals surface area (Å²) in [6.07, 6.45) is -3.15. The zero-order valence-corrected chi connectivity index (χ0v) is 9.62. The SMILES string of the molecule is CO[C@@H]1[C@H]2OC(C)(C)O[C@H]2[C@@H](CO)O[C@@H]1O. The van der Waals surface area contributed by atoms with Crippen molar-refractivity contribution in [2.45, 2.75) is 50.3 Å². The fourth-order valence-electron chi connectivity index (χ4n) is 2.25. The molecule has 0 bridgehead atoms. The number of aliphatic hydroxyl groups excluding tert-OH is 2. The molecule has 2 aliphatic heterocycles. The summed E-state index contributed by atoms with van der Waals surface area (Å²) >= 11 is 0. The number of ether oxygens (including phenoxy) is 4. The summed E-state index contributed by atoms with van der Waals surface area (Å²) < 4.78 is 21.7.